The first-order chi connectivity index (χ1) is 6.70. The van der Waals surface area contributed by atoms with E-state index in [-0.39, 0.29) is 5.84 Å². The van der Waals surface area contributed by atoms with Crippen molar-refractivity contribution < 1.29 is 13.9 Å². The average molecular weight is 234 g/mol. The number of thiol groups is 1. The van der Waals surface area contributed by atoms with E-state index in [0.29, 0.717) is 0 Å². The van der Waals surface area contributed by atoms with E-state index in [0.717, 1.165) is 6.20 Å². The number of carbonyl (C=O) groups is 1. The Bertz CT molecular complexity index is 291. The van der Waals surface area contributed by atoms with Gasteiger partial charge in [-0.2, -0.15) is 4.39 Å². The first-order valence-corrected chi connectivity index (χ1v) is 4.74. The molecule has 0 saturated carbocycles. The van der Waals surface area contributed by atoms with Crippen LogP contribution in [-0.4, -0.2) is 17.5 Å². The number of amidine groups is 1. The Morgan fingerprint density at radius 3 is 2.47 bits per heavy atom. The highest BCUT2D eigenvalue weighted by Gasteiger charge is 2.15. The molecule has 0 aromatic carbocycles. The van der Waals surface area contributed by atoms with Crippen LogP contribution in [0, 0.1) is 0 Å². The van der Waals surface area contributed by atoms with Crippen molar-refractivity contribution in [3.63, 3.8) is 0 Å². The van der Waals surface area contributed by atoms with Crippen molar-refractivity contribution in [1.82, 2.24) is 5.32 Å². The molecule has 6 heteroatoms. The largest absolute Gasteiger partial charge is 0.444 e. The van der Waals surface area contributed by atoms with E-state index in [2.05, 4.69) is 22.9 Å². The van der Waals surface area contributed by atoms with Gasteiger partial charge in [0.1, 0.15) is 11.4 Å². The molecule has 0 bridgehead atoms. The third kappa shape index (κ3) is 9.27. The summed E-state index contributed by atoms with van der Waals surface area (Å²) in [5.41, 5.74) is -0.574. The second-order valence-electron chi connectivity index (χ2n) is 3.79. The third-order valence-electron chi connectivity index (χ3n) is 1.05. The fourth-order valence-electron chi connectivity index (χ4n) is 0.634. The van der Waals surface area contributed by atoms with E-state index in [9.17, 15) is 9.18 Å². The Morgan fingerprint density at radius 2 is 2.07 bits per heavy atom. The number of carbonyl (C=O) groups excluding carboxylic acids is 1. The average Bonchev–Trinajstić information content (AvgIpc) is 1.96. The van der Waals surface area contributed by atoms with Crippen molar-refractivity contribution >= 4 is 24.6 Å². The molecule has 0 spiro atoms. The van der Waals surface area contributed by atoms with Gasteiger partial charge in [0.05, 0.1) is 6.20 Å². The molecule has 1 N–H and O–H groups in total. The maximum Gasteiger partial charge on any atom is 0.413 e. The molecule has 4 nitrogen and oxygen atoms in total. The number of hydrogen-bond acceptors (Lipinski definition) is 4. The minimum Gasteiger partial charge on any atom is -0.444 e. The first kappa shape index (κ1) is 14.0. The molecule has 0 rings (SSSR count). The van der Waals surface area contributed by atoms with Crippen molar-refractivity contribution in [2.45, 2.75) is 33.3 Å². The van der Waals surface area contributed by atoms with E-state index < -0.39 is 16.9 Å². The Hall–Kier alpha value is -1.04. The van der Waals surface area contributed by atoms with Crippen LogP contribution in [0.2, 0.25) is 0 Å². The van der Waals surface area contributed by atoms with Crippen LogP contribution < -0.4 is 5.32 Å². The van der Waals surface area contributed by atoms with Gasteiger partial charge in [0.2, 0.25) is 0 Å². The van der Waals surface area contributed by atoms with Crippen LogP contribution in [-0.2, 0) is 4.74 Å². The molecule has 0 unspecified atom stereocenters. The summed E-state index contributed by atoms with van der Waals surface area (Å²) in [4.78, 5) is 14.8. The predicted molar refractivity (Wildman–Crippen MR) is 60.7 cm³/mol. The van der Waals surface area contributed by atoms with Crippen LogP contribution in [0.1, 0.15) is 27.7 Å². The van der Waals surface area contributed by atoms with Crippen LogP contribution in [0.5, 0.6) is 0 Å². The molecule has 0 aliphatic carbocycles. The molecule has 0 heterocycles. The van der Waals surface area contributed by atoms with E-state index in [1.807, 2.05) is 0 Å². The Morgan fingerprint density at radius 1 is 1.53 bits per heavy atom. The van der Waals surface area contributed by atoms with Crippen LogP contribution >= 0.6 is 12.6 Å². The van der Waals surface area contributed by atoms with Crippen molar-refractivity contribution in [2.75, 3.05) is 0 Å². The number of nitrogens with zero attached hydrogens (tertiary/aromatic N) is 1. The SMILES string of the molecule is C/C(=N\C=C(\F)S)NC(=O)OC(C)(C)C. The summed E-state index contributed by atoms with van der Waals surface area (Å²) in [5.74, 6) is 0.230. The lowest BCUT2D eigenvalue weighted by Crippen LogP contribution is -2.35. The van der Waals surface area contributed by atoms with Crippen LogP contribution in [0.15, 0.2) is 16.4 Å². The molecule has 0 atom stereocenters. The highest BCUT2D eigenvalue weighted by molar-refractivity contribution is 7.84. The molecule has 0 aromatic rings. The van der Waals surface area contributed by atoms with Gasteiger partial charge >= 0.3 is 6.09 Å². The molecular weight excluding hydrogens is 219 g/mol. The molecule has 0 aromatic heterocycles. The van der Waals surface area contributed by atoms with Crippen LogP contribution in [0.25, 0.3) is 0 Å². The second kappa shape index (κ2) is 5.75. The maximum atomic E-state index is 12.1. The molecule has 0 aliphatic rings. The summed E-state index contributed by atoms with van der Waals surface area (Å²) in [6.07, 6.45) is 0.257. The quantitative estimate of drug-likeness (QED) is 0.416. The number of hydrogen-bond donors (Lipinski definition) is 2. The molecule has 0 saturated heterocycles. The number of rotatable bonds is 1. The molecule has 1 amide bonds. The first-order valence-electron chi connectivity index (χ1n) is 4.30. The topological polar surface area (TPSA) is 50.7 Å². The number of halogens is 1. The summed E-state index contributed by atoms with van der Waals surface area (Å²) in [5, 5.41) is 1.60. The van der Waals surface area contributed by atoms with Crippen molar-refractivity contribution in [3.8, 4) is 0 Å². The van der Waals surface area contributed by atoms with Crippen molar-refractivity contribution in [3.05, 3.63) is 11.4 Å². The molecule has 15 heavy (non-hydrogen) atoms. The van der Waals surface area contributed by atoms with Gasteiger partial charge < -0.3 is 4.74 Å². The predicted octanol–water partition coefficient (Wildman–Crippen LogP) is 2.63. The molecule has 86 valence electrons. The standard InChI is InChI=1S/C9H15FN2O2S/c1-6(11-5-7(10)15)12-8(13)14-9(2,3)4/h5,15H,1-4H3,(H,11,12,13)/b7-5-. The lowest BCUT2D eigenvalue weighted by molar-refractivity contribution is 0.0563. The smallest absolute Gasteiger partial charge is 0.413 e. The van der Waals surface area contributed by atoms with Gasteiger partial charge in [-0.05, 0) is 27.7 Å². The summed E-state index contributed by atoms with van der Waals surface area (Å²) >= 11 is 3.38. The van der Waals surface area contributed by atoms with E-state index >= 15 is 0 Å². The van der Waals surface area contributed by atoms with Crippen molar-refractivity contribution in [1.29, 1.82) is 0 Å². The Labute approximate surface area is 94.0 Å². The van der Waals surface area contributed by atoms with E-state index in [1.54, 1.807) is 20.8 Å². The Kier molecular flexibility index (Phi) is 5.35. The third-order valence-corrected chi connectivity index (χ3v) is 1.16. The zero-order chi connectivity index (χ0) is 12.1. The zero-order valence-corrected chi connectivity index (χ0v) is 10.1. The number of ether oxygens (including phenoxy) is 1. The Balaban J connectivity index is 4.19. The molecule has 0 radical (unpaired) electrons. The highest BCUT2D eigenvalue weighted by Crippen LogP contribution is 2.06. The number of aliphatic imine (C=N–C) groups is 1. The zero-order valence-electron chi connectivity index (χ0n) is 9.17. The van der Waals surface area contributed by atoms with E-state index in [4.69, 9.17) is 4.74 Å². The highest BCUT2D eigenvalue weighted by atomic mass is 32.1. The van der Waals surface area contributed by atoms with Crippen molar-refractivity contribution in [2.24, 2.45) is 4.99 Å². The number of alkyl carbamates (subject to hydrolysis) is 1. The molecular formula is C9H15FN2O2S. The lowest BCUT2D eigenvalue weighted by Gasteiger charge is -2.19. The van der Waals surface area contributed by atoms with Crippen LogP contribution in [0.4, 0.5) is 9.18 Å². The monoisotopic (exact) mass is 234 g/mol. The second-order valence-corrected chi connectivity index (χ2v) is 4.22. The summed E-state index contributed by atoms with van der Waals surface area (Å²) in [7, 11) is 0. The lowest BCUT2D eigenvalue weighted by atomic mass is 10.2. The number of nitrogens with one attached hydrogen (secondary N) is 1. The summed E-state index contributed by atoms with van der Waals surface area (Å²) in [6, 6.07) is 0. The summed E-state index contributed by atoms with van der Waals surface area (Å²) in [6.45, 7) is 6.74. The normalized spacial score (nSPS) is 13.7. The van der Waals surface area contributed by atoms with Gasteiger partial charge in [-0.1, -0.05) is 0 Å². The van der Waals surface area contributed by atoms with Gasteiger partial charge in [-0.3, -0.25) is 5.32 Å². The van der Waals surface area contributed by atoms with Crippen LogP contribution in [0.3, 0.4) is 0 Å². The minimum absolute atomic E-state index is 0.230. The minimum atomic E-state index is -0.736. The van der Waals surface area contributed by atoms with Gasteiger partial charge in [0.15, 0.2) is 5.16 Å². The van der Waals surface area contributed by atoms with Gasteiger partial charge in [-0.25, -0.2) is 9.79 Å². The maximum absolute atomic E-state index is 12.1. The van der Waals surface area contributed by atoms with Gasteiger partial charge in [0.25, 0.3) is 0 Å². The van der Waals surface area contributed by atoms with Gasteiger partial charge in [0, 0.05) is 0 Å². The van der Waals surface area contributed by atoms with Gasteiger partial charge in [-0.15, -0.1) is 12.6 Å². The summed E-state index contributed by atoms with van der Waals surface area (Å²) < 4.78 is 17.1. The molecule has 0 fully saturated rings. The molecule has 0 aliphatic heterocycles. The fourth-order valence-corrected chi connectivity index (χ4v) is 0.691. The fraction of sp³-hybridized carbons (Fsp3) is 0.556. The number of amides is 1. The van der Waals surface area contributed by atoms with E-state index in [1.165, 1.54) is 6.92 Å².